The molecule has 12 heteroatoms. The number of ketones is 1. The molecule has 1 aliphatic carbocycles. The van der Waals surface area contributed by atoms with Gasteiger partial charge in [0.1, 0.15) is 39.9 Å². The van der Waals surface area contributed by atoms with Crippen LogP contribution in [-0.2, 0) is 22.7 Å². The zero-order valence-electron chi connectivity index (χ0n) is 16.5. The third kappa shape index (κ3) is 3.40. The van der Waals surface area contributed by atoms with Crippen molar-refractivity contribution in [1.29, 1.82) is 0 Å². The number of hydrogen-bond acceptors (Lipinski definition) is 6. The molecule has 0 spiro atoms. The normalized spacial score (nSPS) is 17.9. The number of halogens is 2. The first kappa shape index (κ1) is 20.5. The topological polar surface area (TPSA) is 119 Å². The van der Waals surface area contributed by atoms with Crippen LogP contribution in [0.5, 0.6) is 0 Å². The van der Waals surface area contributed by atoms with E-state index >= 15 is 0 Å². The van der Waals surface area contributed by atoms with Gasteiger partial charge in [0.2, 0.25) is 5.91 Å². The van der Waals surface area contributed by atoms with Gasteiger partial charge in [0, 0.05) is 24.9 Å². The van der Waals surface area contributed by atoms with E-state index in [1.165, 1.54) is 15.5 Å². The van der Waals surface area contributed by atoms with Gasteiger partial charge in [-0.15, -0.1) is 0 Å². The van der Waals surface area contributed by atoms with Gasteiger partial charge in [0.15, 0.2) is 0 Å². The van der Waals surface area contributed by atoms with Crippen molar-refractivity contribution in [2.45, 2.75) is 38.4 Å². The number of amides is 2. The first-order chi connectivity index (χ1) is 15.3. The molecule has 10 nitrogen and oxygen atoms in total. The molecule has 3 aromatic rings. The minimum absolute atomic E-state index is 0.0551. The molecule has 4 heterocycles. The van der Waals surface area contributed by atoms with Crippen molar-refractivity contribution in [1.82, 2.24) is 24.1 Å². The summed E-state index contributed by atoms with van der Waals surface area (Å²) in [6, 6.07) is 3.75. The van der Waals surface area contributed by atoms with Crippen molar-refractivity contribution >= 4 is 45.0 Å². The fourth-order valence-corrected chi connectivity index (χ4v) is 4.61. The number of pyridine rings is 1. The molecule has 3 aromatic heterocycles. The van der Waals surface area contributed by atoms with Gasteiger partial charge in [-0.2, -0.15) is 9.61 Å². The average Bonchev–Trinajstić information content (AvgIpc) is 3.44. The summed E-state index contributed by atoms with van der Waals surface area (Å²) in [7, 11) is 0. The monoisotopic (exact) mass is 502 g/mol. The predicted molar refractivity (Wildman–Crippen MR) is 112 cm³/mol. The van der Waals surface area contributed by atoms with Crippen LogP contribution in [0.15, 0.2) is 33.8 Å². The molecule has 1 N–H and O–H groups in total. The van der Waals surface area contributed by atoms with Crippen molar-refractivity contribution in [3.8, 4) is 0 Å². The van der Waals surface area contributed by atoms with Crippen LogP contribution < -0.4 is 10.9 Å². The maximum absolute atomic E-state index is 13.3. The number of Topliss-reactive ketones (excluding diaryl/α,β-unsaturated/α-hetero) is 1. The molecule has 0 bridgehead atoms. The number of nitrogens with one attached hydrogen (secondary N) is 1. The van der Waals surface area contributed by atoms with Crippen LogP contribution in [-0.4, -0.2) is 47.7 Å². The van der Waals surface area contributed by atoms with E-state index in [0.717, 1.165) is 16.8 Å². The fourth-order valence-electron chi connectivity index (χ4n) is 4.25. The van der Waals surface area contributed by atoms with Crippen molar-refractivity contribution in [3.05, 3.63) is 56.4 Å². The van der Waals surface area contributed by atoms with Crippen LogP contribution in [0, 0.1) is 5.82 Å². The van der Waals surface area contributed by atoms with Gasteiger partial charge < -0.3 is 14.8 Å². The maximum atomic E-state index is 13.3. The third-order valence-corrected chi connectivity index (χ3v) is 6.08. The summed E-state index contributed by atoms with van der Waals surface area (Å²) < 4.78 is 16.0. The highest BCUT2D eigenvalue weighted by Crippen LogP contribution is 2.30. The first-order valence-electron chi connectivity index (χ1n) is 9.87. The highest BCUT2D eigenvalue weighted by Gasteiger charge is 2.40. The molecule has 2 aliphatic rings. The Morgan fingerprint density at radius 3 is 2.78 bits per heavy atom. The van der Waals surface area contributed by atoms with Crippen LogP contribution in [0.25, 0.3) is 5.65 Å². The van der Waals surface area contributed by atoms with Crippen LogP contribution in [0.3, 0.4) is 0 Å². The van der Waals surface area contributed by atoms with Gasteiger partial charge in [0.25, 0.3) is 11.5 Å². The van der Waals surface area contributed by atoms with Crippen molar-refractivity contribution in [2.24, 2.45) is 0 Å². The van der Waals surface area contributed by atoms with Gasteiger partial charge in [0.05, 0.1) is 18.3 Å². The Balaban J connectivity index is 1.54. The zero-order valence-corrected chi connectivity index (χ0v) is 18.1. The zero-order chi connectivity index (χ0) is 22.6. The van der Waals surface area contributed by atoms with Crippen LogP contribution in [0.2, 0.25) is 0 Å². The Labute approximate surface area is 188 Å². The van der Waals surface area contributed by atoms with Crippen LogP contribution in [0.4, 0.5) is 10.2 Å². The number of fused-ring (bicyclic) bond motifs is 2. The molecule has 2 amide bonds. The number of nitrogens with zero attached hydrogens (tertiary/aromatic N) is 5. The number of carbonyl (C=O) groups is 3. The lowest BCUT2D eigenvalue weighted by Gasteiger charge is -2.22. The maximum Gasteiger partial charge on any atom is 0.280 e. The molecule has 164 valence electrons. The standard InChI is InChI=1S/C20H16BrFN6O4/c21-14-6-17-27(9-16(30)24-15-4-1-10(22)7-23-15)18-13(19(31)28(17)25-14)8-26(20(18)32)11-2-3-12(29)5-11/h1,4,6-7,11H,2-3,5,8-9H2,(H,23,24,30)/t11-/m0/s1. The van der Waals surface area contributed by atoms with Gasteiger partial charge in [-0.1, -0.05) is 0 Å². The van der Waals surface area contributed by atoms with E-state index in [1.807, 2.05) is 0 Å². The minimum atomic E-state index is -0.539. The van der Waals surface area contributed by atoms with Gasteiger partial charge in [-0.3, -0.25) is 19.2 Å². The number of aromatic nitrogens is 4. The summed E-state index contributed by atoms with van der Waals surface area (Å²) in [5, 5.41) is 6.70. The lowest BCUT2D eigenvalue weighted by molar-refractivity contribution is -0.118. The highest BCUT2D eigenvalue weighted by atomic mass is 79.9. The SMILES string of the molecule is O=C1CC[C@H](N2Cc3c(n(CC(=O)Nc4ccc(F)cn4)c4cc(Br)nn4c3=O)C2=O)C1. The van der Waals surface area contributed by atoms with E-state index in [2.05, 4.69) is 31.3 Å². The Bertz CT molecular complexity index is 1350. The Morgan fingerprint density at radius 1 is 1.28 bits per heavy atom. The summed E-state index contributed by atoms with van der Waals surface area (Å²) in [5.74, 6) is -1.22. The van der Waals surface area contributed by atoms with Crippen LogP contribution in [0.1, 0.15) is 35.3 Å². The summed E-state index contributed by atoms with van der Waals surface area (Å²) in [6.07, 6.45) is 2.18. The van der Waals surface area contributed by atoms with Gasteiger partial charge in [-0.25, -0.2) is 9.37 Å². The molecule has 5 rings (SSSR count). The summed E-state index contributed by atoms with van der Waals surface area (Å²) in [6.45, 7) is -0.244. The largest absolute Gasteiger partial charge is 0.329 e. The number of hydrogen-bond donors (Lipinski definition) is 1. The van der Waals surface area contributed by atoms with Crippen molar-refractivity contribution in [3.63, 3.8) is 0 Å². The average molecular weight is 503 g/mol. The van der Waals surface area contributed by atoms with Gasteiger partial charge >= 0.3 is 0 Å². The lowest BCUT2D eigenvalue weighted by atomic mass is 10.2. The highest BCUT2D eigenvalue weighted by molar-refractivity contribution is 9.10. The minimum Gasteiger partial charge on any atom is -0.329 e. The van der Waals surface area contributed by atoms with Crippen molar-refractivity contribution in [2.75, 3.05) is 5.32 Å². The first-order valence-corrected chi connectivity index (χ1v) is 10.7. The van der Waals surface area contributed by atoms with Gasteiger partial charge in [-0.05, 0) is 34.5 Å². The predicted octanol–water partition coefficient (Wildman–Crippen LogP) is 1.51. The molecule has 0 radical (unpaired) electrons. The van der Waals surface area contributed by atoms with E-state index < -0.39 is 23.2 Å². The van der Waals surface area contributed by atoms with Crippen molar-refractivity contribution < 1.29 is 18.8 Å². The summed E-state index contributed by atoms with van der Waals surface area (Å²) in [4.78, 5) is 56.2. The molecule has 32 heavy (non-hydrogen) atoms. The van der Waals surface area contributed by atoms with E-state index in [9.17, 15) is 23.6 Å². The second-order valence-corrected chi connectivity index (χ2v) is 8.55. The van der Waals surface area contributed by atoms with E-state index in [0.29, 0.717) is 17.4 Å². The van der Waals surface area contributed by atoms with E-state index in [4.69, 9.17) is 0 Å². The second kappa shape index (κ2) is 7.62. The molecule has 1 fully saturated rings. The molecule has 1 aliphatic heterocycles. The van der Waals surface area contributed by atoms with E-state index in [1.54, 1.807) is 6.07 Å². The Kier molecular flexibility index (Phi) is 4.88. The quantitative estimate of drug-likeness (QED) is 0.577. The molecular formula is C20H16BrFN6O4. The molecule has 1 saturated carbocycles. The smallest absolute Gasteiger partial charge is 0.280 e. The molecule has 0 saturated heterocycles. The summed E-state index contributed by atoms with van der Waals surface area (Å²) >= 11 is 3.23. The molecule has 1 atom stereocenters. The third-order valence-electron chi connectivity index (χ3n) is 5.69. The number of anilines is 1. The summed E-state index contributed by atoms with van der Waals surface area (Å²) in [5.41, 5.74) is 0.153. The number of rotatable bonds is 4. The Morgan fingerprint density at radius 2 is 2.09 bits per heavy atom. The van der Waals surface area contributed by atoms with E-state index in [-0.39, 0.29) is 54.1 Å². The fraction of sp³-hybridized carbons (Fsp3) is 0.300. The lowest BCUT2D eigenvalue weighted by Crippen LogP contribution is -2.35. The Hall–Kier alpha value is -3.41. The molecular weight excluding hydrogens is 487 g/mol. The molecule has 0 aromatic carbocycles. The number of carbonyl (C=O) groups excluding carboxylic acids is 3. The molecule has 0 unspecified atom stereocenters. The second-order valence-electron chi connectivity index (χ2n) is 7.73. The van der Waals surface area contributed by atoms with Crippen LogP contribution >= 0.6 is 15.9 Å².